The van der Waals surface area contributed by atoms with Crippen molar-refractivity contribution in [1.29, 1.82) is 0 Å². The molecule has 0 unspecified atom stereocenters. The van der Waals surface area contributed by atoms with Gasteiger partial charge in [0, 0.05) is 17.3 Å². The van der Waals surface area contributed by atoms with Gasteiger partial charge in [-0.15, -0.1) is 0 Å². The van der Waals surface area contributed by atoms with Crippen LogP contribution in [0.4, 0.5) is 0 Å². The zero-order valence-corrected chi connectivity index (χ0v) is 15.1. The van der Waals surface area contributed by atoms with Crippen LogP contribution in [-0.2, 0) is 0 Å². The van der Waals surface area contributed by atoms with Gasteiger partial charge in [-0.2, -0.15) is 0 Å². The van der Waals surface area contributed by atoms with Crippen molar-refractivity contribution in [2.75, 3.05) is 0 Å². The Morgan fingerprint density at radius 1 is 0.800 bits per heavy atom. The molecule has 0 aliphatic carbocycles. The summed E-state index contributed by atoms with van der Waals surface area (Å²) in [5, 5.41) is 1.22. The van der Waals surface area contributed by atoms with Crippen LogP contribution in [0.1, 0.15) is 57.4 Å². The van der Waals surface area contributed by atoms with E-state index >= 15 is 0 Å². The number of H-pyrrole nitrogens is 1. The molecular formula is C24H27N. The quantitative estimate of drug-likeness (QED) is 0.357. The van der Waals surface area contributed by atoms with Gasteiger partial charge in [0.15, 0.2) is 0 Å². The van der Waals surface area contributed by atoms with E-state index in [1.54, 1.807) is 0 Å². The normalized spacial score (nSPS) is 10.6. The Balaban J connectivity index is 1.75. The first-order valence-electron chi connectivity index (χ1n) is 9.55. The summed E-state index contributed by atoms with van der Waals surface area (Å²) >= 11 is 0. The van der Waals surface area contributed by atoms with Crippen molar-refractivity contribution < 1.29 is 0 Å². The van der Waals surface area contributed by atoms with Crippen molar-refractivity contribution in [2.45, 2.75) is 51.9 Å². The summed E-state index contributed by atoms with van der Waals surface area (Å²) in [6, 6.07) is 18.9. The Kier molecular flexibility index (Phi) is 6.35. The fourth-order valence-electron chi connectivity index (χ4n) is 3.24. The number of rotatable bonds is 7. The summed E-state index contributed by atoms with van der Waals surface area (Å²) in [4.78, 5) is 3.55. The predicted octanol–water partition coefficient (Wildman–Crippen LogP) is 6.94. The van der Waals surface area contributed by atoms with Gasteiger partial charge in [0.05, 0.1) is 11.3 Å². The highest BCUT2D eigenvalue weighted by Gasteiger charge is 2.10. The molecule has 1 N–H and O–H groups in total. The van der Waals surface area contributed by atoms with Gasteiger partial charge in [0.2, 0.25) is 0 Å². The summed E-state index contributed by atoms with van der Waals surface area (Å²) < 4.78 is 0. The third-order valence-corrected chi connectivity index (χ3v) is 4.64. The Morgan fingerprint density at radius 2 is 1.52 bits per heavy atom. The molecule has 25 heavy (non-hydrogen) atoms. The Labute approximate surface area is 151 Å². The van der Waals surface area contributed by atoms with Gasteiger partial charge in [0.1, 0.15) is 0 Å². The molecule has 0 aliphatic rings. The maximum atomic E-state index is 3.55. The molecular weight excluding hydrogens is 302 g/mol. The lowest BCUT2D eigenvalue weighted by atomic mass is 10.0. The van der Waals surface area contributed by atoms with E-state index in [0.29, 0.717) is 0 Å². The number of benzene rings is 2. The van der Waals surface area contributed by atoms with Gasteiger partial charge in [-0.1, -0.05) is 99.4 Å². The first-order valence-corrected chi connectivity index (χ1v) is 9.55. The molecule has 3 rings (SSSR count). The molecule has 0 saturated carbocycles. The van der Waals surface area contributed by atoms with Gasteiger partial charge in [0.25, 0.3) is 0 Å². The smallest absolute Gasteiger partial charge is 0.0624 e. The monoisotopic (exact) mass is 329 g/mol. The van der Waals surface area contributed by atoms with E-state index < -0.39 is 0 Å². The van der Waals surface area contributed by atoms with Crippen molar-refractivity contribution in [3.8, 4) is 23.1 Å². The van der Waals surface area contributed by atoms with E-state index in [1.165, 1.54) is 49.5 Å². The third-order valence-electron chi connectivity index (χ3n) is 4.64. The fraction of sp³-hybridized carbons (Fsp3) is 0.333. The second-order valence-electron chi connectivity index (χ2n) is 6.61. The van der Waals surface area contributed by atoms with Crippen LogP contribution in [-0.4, -0.2) is 4.98 Å². The van der Waals surface area contributed by atoms with E-state index in [9.17, 15) is 0 Å². The Morgan fingerprint density at radius 3 is 2.36 bits per heavy atom. The summed E-state index contributed by atoms with van der Waals surface area (Å²) in [7, 11) is 0. The minimum atomic E-state index is 0.986. The summed E-state index contributed by atoms with van der Waals surface area (Å²) in [6.45, 7) is 2.26. The van der Waals surface area contributed by atoms with E-state index in [1.807, 2.05) is 0 Å². The molecule has 0 fully saturated rings. The lowest BCUT2D eigenvalue weighted by Crippen LogP contribution is -1.82. The Hall–Kier alpha value is -2.46. The van der Waals surface area contributed by atoms with E-state index in [-0.39, 0.29) is 0 Å². The first-order chi connectivity index (χ1) is 12.4. The maximum Gasteiger partial charge on any atom is 0.0624 e. The minimum absolute atomic E-state index is 0.986. The van der Waals surface area contributed by atoms with Crippen LogP contribution in [0.5, 0.6) is 0 Å². The molecule has 2 aromatic carbocycles. The van der Waals surface area contributed by atoms with Crippen LogP contribution in [0.2, 0.25) is 0 Å². The molecule has 0 amide bonds. The van der Waals surface area contributed by atoms with Gasteiger partial charge < -0.3 is 4.98 Å². The van der Waals surface area contributed by atoms with Gasteiger partial charge in [-0.3, -0.25) is 0 Å². The van der Waals surface area contributed by atoms with Gasteiger partial charge in [-0.05, 0) is 18.1 Å². The van der Waals surface area contributed by atoms with E-state index in [0.717, 1.165) is 23.2 Å². The summed E-state index contributed by atoms with van der Waals surface area (Å²) in [5.41, 5.74) is 4.62. The highest BCUT2D eigenvalue weighted by atomic mass is 14.7. The van der Waals surface area contributed by atoms with Crippen molar-refractivity contribution in [2.24, 2.45) is 0 Å². The number of hydrogen-bond donors (Lipinski definition) is 1. The second-order valence-corrected chi connectivity index (χ2v) is 6.61. The van der Waals surface area contributed by atoms with Crippen LogP contribution in [0.3, 0.4) is 0 Å². The predicted molar refractivity (Wildman–Crippen MR) is 109 cm³/mol. The lowest BCUT2D eigenvalue weighted by molar-refractivity contribution is 0.614. The highest BCUT2D eigenvalue weighted by molar-refractivity contribution is 5.93. The molecule has 0 atom stereocenters. The average Bonchev–Trinajstić information content (AvgIpc) is 3.03. The van der Waals surface area contributed by atoms with Crippen LogP contribution in [0, 0.1) is 11.8 Å². The largest absolute Gasteiger partial charge is 0.353 e. The first kappa shape index (κ1) is 17.4. The number of nitrogens with one attached hydrogen (secondary N) is 1. The zero-order chi connectivity index (χ0) is 17.3. The topological polar surface area (TPSA) is 15.8 Å². The number of aromatic nitrogens is 1. The maximum absolute atomic E-state index is 3.55. The standard InChI is InChI=1S/C24H27N/c1-2-3-4-5-6-7-8-12-18-22-21-17-13-14-19-23(21)25-24(22)20-15-10-9-11-16-20/h9-11,13-17,19,25H,2-8H2,1H3. The zero-order valence-electron chi connectivity index (χ0n) is 15.1. The van der Waals surface area contributed by atoms with Crippen LogP contribution in [0.15, 0.2) is 54.6 Å². The lowest BCUT2D eigenvalue weighted by Gasteiger charge is -1.99. The highest BCUT2D eigenvalue weighted by Crippen LogP contribution is 2.29. The Bertz CT molecular complexity index is 846. The molecule has 1 heteroatoms. The molecule has 0 bridgehead atoms. The second kappa shape index (κ2) is 9.14. The number of hydrogen-bond acceptors (Lipinski definition) is 0. The number of unbranched alkanes of at least 4 members (excludes halogenated alkanes) is 6. The van der Waals surface area contributed by atoms with Gasteiger partial charge in [-0.25, -0.2) is 0 Å². The number of aromatic amines is 1. The van der Waals surface area contributed by atoms with Crippen molar-refractivity contribution >= 4 is 10.9 Å². The van der Waals surface area contributed by atoms with Crippen molar-refractivity contribution in [1.82, 2.24) is 4.98 Å². The number of para-hydroxylation sites is 1. The van der Waals surface area contributed by atoms with Crippen LogP contribution < -0.4 is 0 Å². The molecule has 0 aliphatic heterocycles. The van der Waals surface area contributed by atoms with E-state index in [4.69, 9.17) is 0 Å². The molecule has 1 aromatic heterocycles. The SMILES string of the molecule is CCCCCCCCC#Cc1c(-c2ccccc2)[nH]c2ccccc12. The van der Waals surface area contributed by atoms with Crippen molar-refractivity contribution in [3.05, 3.63) is 60.2 Å². The molecule has 0 radical (unpaired) electrons. The van der Waals surface area contributed by atoms with E-state index in [2.05, 4.69) is 78.3 Å². The average molecular weight is 329 g/mol. The molecule has 3 aromatic rings. The van der Waals surface area contributed by atoms with Gasteiger partial charge >= 0.3 is 0 Å². The minimum Gasteiger partial charge on any atom is -0.353 e. The number of fused-ring (bicyclic) bond motifs is 1. The van der Waals surface area contributed by atoms with Crippen LogP contribution in [0.25, 0.3) is 22.2 Å². The molecule has 1 nitrogen and oxygen atoms in total. The summed E-state index contributed by atoms with van der Waals surface area (Å²) in [5.74, 6) is 6.87. The molecule has 128 valence electrons. The van der Waals surface area contributed by atoms with Crippen molar-refractivity contribution in [3.63, 3.8) is 0 Å². The third kappa shape index (κ3) is 4.54. The molecule has 0 spiro atoms. The molecule has 0 saturated heterocycles. The summed E-state index contributed by atoms with van der Waals surface area (Å²) in [6.07, 6.45) is 8.88. The van der Waals surface area contributed by atoms with Crippen LogP contribution >= 0.6 is 0 Å². The fourth-order valence-corrected chi connectivity index (χ4v) is 3.24. The molecule has 1 heterocycles.